The van der Waals surface area contributed by atoms with Gasteiger partial charge < -0.3 is 5.32 Å². The van der Waals surface area contributed by atoms with Crippen molar-refractivity contribution in [2.24, 2.45) is 24.8 Å². The van der Waals surface area contributed by atoms with Crippen LogP contribution in [0.15, 0.2) is 42.3 Å². The minimum atomic E-state index is -2.56. The molecule has 5 heteroatoms. The standard InChI is InChI=1S/C19H25F2N3/c1-4-5-6-15(17-9-16(17)13-7-8-13)12(2)22-10-14-11-24(3)23-18(14)19(20)21/h4-6,11,13,16-17,19,22H,2,7-10H2,1,3H3/b5-4-,15-6+/t16?,17-/m1/s1. The highest BCUT2D eigenvalue weighted by Crippen LogP contribution is 2.57. The summed E-state index contributed by atoms with van der Waals surface area (Å²) in [5, 5.41) is 7.08. The Bertz CT molecular complexity index is 668. The SMILES string of the molecule is C=C(NCc1cn(C)nc1C(F)F)/C(=C\C=C/C)[C@H]1CC1C1CC1. The summed E-state index contributed by atoms with van der Waals surface area (Å²) in [5.74, 6) is 2.24. The first-order chi connectivity index (χ1) is 11.5. The summed E-state index contributed by atoms with van der Waals surface area (Å²) in [5.41, 5.74) is 2.42. The van der Waals surface area contributed by atoms with Crippen LogP contribution in [0.5, 0.6) is 0 Å². The number of nitrogens with one attached hydrogen (secondary N) is 1. The summed E-state index contributed by atoms with van der Waals surface area (Å²) in [7, 11) is 1.66. The van der Waals surface area contributed by atoms with Crippen molar-refractivity contribution in [3.8, 4) is 0 Å². The molecular weight excluding hydrogens is 308 g/mol. The van der Waals surface area contributed by atoms with Crippen molar-refractivity contribution in [1.82, 2.24) is 15.1 Å². The van der Waals surface area contributed by atoms with Crippen molar-refractivity contribution in [3.05, 3.63) is 53.5 Å². The molecular formula is C19H25F2N3. The Hall–Kier alpha value is -1.91. The van der Waals surface area contributed by atoms with Gasteiger partial charge in [-0.05, 0) is 49.5 Å². The number of allylic oxidation sites excluding steroid dienone is 4. The fourth-order valence-corrected chi connectivity index (χ4v) is 3.44. The molecule has 1 unspecified atom stereocenters. The highest BCUT2D eigenvalue weighted by molar-refractivity contribution is 5.37. The molecule has 1 N–H and O–H groups in total. The molecule has 0 amide bonds. The van der Waals surface area contributed by atoms with Gasteiger partial charge in [0.05, 0.1) is 0 Å². The van der Waals surface area contributed by atoms with Crippen LogP contribution in [0, 0.1) is 17.8 Å². The monoisotopic (exact) mass is 333 g/mol. The van der Waals surface area contributed by atoms with Gasteiger partial charge in [-0.15, -0.1) is 0 Å². The van der Waals surface area contributed by atoms with E-state index >= 15 is 0 Å². The first-order valence-electron chi connectivity index (χ1n) is 8.57. The van der Waals surface area contributed by atoms with Crippen LogP contribution in [-0.4, -0.2) is 9.78 Å². The molecule has 1 aromatic heterocycles. The lowest BCUT2D eigenvalue weighted by Crippen LogP contribution is -2.15. The van der Waals surface area contributed by atoms with Gasteiger partial charge >= 0.3 is 0 Å². The Morgan fingerprint density at radius 1 is 1.50 bits per heavy atom. The molecule has 2 aliphatic rings. The molecule has 2 aliphatic carbocycles. The number of halogens is 2. The largest absolute Gasteiger partial charge is 0.381 e. The summed E-state index contributed by atoms with van der Waals surface area (Å²) in [6.07, 6.45) is 9.15. The van der Waals surface area contributed by atoms with Crippen LogP contribution in [0.3, 0.4) is 0 Å². The van der Waals surface area contributed by atoms with Crippen LogP contribution in [-0.2, 0) is 13.6 Å². The normalized spacial score (nSPS) is 24.0. The van der Waals surface area contributed by atoms with Crippen molar-refractivity contribution < 1.29 is 8.78 Å². The molecule has 0 bridgehead atoms. The van der Waals surface area contributed by atoms with Crippen LogP contribution in [0.4, 0.5) is 8.78 Å². The van der Waals surface area contributed by atoms with Crippen molar-refractivity contribution in [2.75, 3.05) is 0 Å². The van der Waals surface area contributed by atoms with Gasteiger partial charge in [-0.3, -0.25) is 4.68 Å². The molecule has 1 aromatic rings. The first-order valence-corrected chi connectivity index (χ1v) is 8.57. The van der Waals surface area contributed by atoms with Crippen LogP contribution < -0.4 is 5.32 Å². The molecule has 0 aromatic carbocycles. The predicted molar refractivity (Wildman–Crippen MR) is 91.4 cm³/mol. The van der Waals surface area contributed by atoms with Gasteiger partial charge in [-0.1, -0.05) is 24.8 Å². The fourth-order valence-electron chi connectivity index (χ4n) is 3.44. The third-order valence-electron chi connectivity index (χ3n) is 4.92. The van der Waals surface area contributed by atoms with Crippen LogP contribution >= 0.6 is 0 Å². The van der Waals surface area contributed by atoms with E-state index in [-0.39, 0.29) is 5.69 Å². The molecule has 2 atom stereocenters. The number of aryl methyl sites for hydroxylation is 1. The van der Waals surface area contributed by atoms with Crippen molar-refractivity contribution in [2.45, 2.75) is 39.2 Å². The average Bonchev–Trinajstić information content (AvgIpc) is 3.42. The number of aromatic nitrogens is 2. The Morgan fingerprint density at radius 3 is 2.88 bits per heavy atom. The fraction of sp³-hybridized carbons (Fsp3) is 0.526. The second-order valence-electron chi connectivity index (χ2n) is 6.84. The van der Waals surface area contributed by atoms with Gasteiger partial charge in [-0.2, -0.15) is 5.10 Å². The van der Waals surface area contributed by atoms with Crippen LogP contribution in [0.1, 0.15) is 43.9 Å². The van der Waals surface area contributed by atoms with Crippen molar-refractivity contribution in [3.63, 3.8) is 0 Å². The number of hydrogen-bond acceptors (Lipinski definition) is 2. The second kappa shape index (κ2) is 6.91. The lowest BCUT2D eigenvalue weighted by atomic mass is 10.0. The third kappa shape index (κ3) is 3.77. The van der Waals surface area contributed by atoms with Crippen LogP contribution in [0.25, 0.3) is 0 Å². The summed E-state index contributed by atoms with van der Waals surface area (Å²) in [6.45, 7) is 6.46. The van der Waals surface area contributed by atoms with E-state index in [1.54, 1.807) is 13.2 Å². The van der Waals surface area contributed by atoms with Gasteiger partial charge in [0.15, 0.2) is 0 Å². The molecule has 3 nitrogen and oxygen atoms in total. The smallest absolute Gasteiger partial charge is 0.282 e. The van der Waals surface area contributed by atoms with Crippen molar-refractivity contribution in [1.29, 1.82) is 0 Å². The van der Waals surface area contributed by atoms with E-state index in [0.29, 0.717) is 18.0 Å². The maximum absolute atomic E-state index is 13.0. The summed E-state index contributed by atoms with van der Waals surface area (Å²) < 4.78 is 27.5. The molecule has 130 valence electrons. The number of nitrogens with zero attached hydrogens (tertiary/aromatic N) is 2. The van der Waals surface area contributed by atoms with Crippen molar-refractivity contribution >= 4 is 0 Å². The lowest BCUT2D eigenvalue weighted by Gasteiger charge is -2.13. The molecule has 2 fully saturated rings. The molecule has 0 saturated heterocycles. The Balaban J connectivity index is 1.65. The van der Waals surface area contributed by atoms with E-state index in [9.17, 15) is 8.78 Å². The lowest BCUT2D eigenvalue weighted by molar-refractivity contribution is 0.144. The summed E-state index contributed by atoms with van der Waals surface area (Å²) in [4.78, 5) is 0. The molecule has 1 heterocycles. The quantitative estimate of drug-likeness (QED) is 0.709. The molecule has 24 heavy (non-hydrogen) atoms. The molecule has 0 spiro atoms. The minimum absolute atomic E-state index is 0.154. The van der Waals surface area contributed by atoms with E-state index < -0.39 is 6.43 Å². The summed E-state index contributed by atoms with van der Waals surface area (Å²) in [6, 6.07) is 0. The molecule has 2 saturated carbocycles. The number of rotatable bonds is 8. The maximum Gasteiger partial charge on any atom is 0.282 e. The highest BCUT2D eigenvalue weighted by Gasteiger charge is 2.49. The Kier molecular flexibility index (Phi) is 4.88. The minimum Gasteiger partial charge on any atom is -0.381 e. The maximum atomic E-state index is 13.0. The van der Waals surface area contributed by atoms with Gasteiger partial charge in [-0.25, -0.2) is 8.78 Å². The topological polar surface area (TPSA) is 29.9 Å². The first kappa shape index (κ1) is 16.9. The number of alkyl halides is 2. The highest BCUT2D eigenvalue weighted by atomic mass is 19.3. The zero-order valence-corrected chi connectivity index (χ0v) is 14.3. The van der Waals surface area contributed by atoms with E-state index in [0.717, 1.165) is 17.5 Å². The van der Waals surface area contributed by atoms with E-state index in [4.69, 9.17) is 0 Å². The van der Waals surface area contributed by atoms with E-state index in [1.807, 2.05) is 19.1 Å². The zero-order chi connectivity index (χ0) is 17.3. The second-order valence-corrected chi connectivity index (χ2v) is 6.84. The molecule has 0 aliphatic heterocycles. The van der Waals surface area contributed by atoms with E-state index in [2.05, 4.69) is 23.1 Å². The van der Waals surface area contributed by atoms with Gasteiger partial charge in [0.25, 0.3) is 6.43 Å². The average molecular weight is 333 g/mol. The number of hydrogen-bond donors (Lipinski definition) is 1. The third-order valence-corrected chi connectivity index (χ3v) is 4.92. The van der Waals surface area contributed by atoms with Gasteiger partial charge in [0.2, 0.25) is 0 Å². The molecule has 0 radical (unpaired) electrons. The van der Waals surface area contributed by atoms with Gasteiger partial charge in [0.1, 0.15) is 5.69 Å². The summed E-state index contributed by atoms with van der Waals surface area (Å²) >= 11 is 0. The van der Waals surface area contributed by atoms with Gasteiger partial charge in [0, 0.05) is 31.0 Å². The Morgan fingerprint density at radius 2 is 2.25 bits per heavy atom. The zero-order valence-electron chi connectivity index (χ0n) is 14.3. The van der Waals surface area contributed by atoms with Crippen LogP contribution in [0.2, 0.25) is 0 Å². The van der Waals surface area contributed by atoms with E-state index in [1.165, 1.54) is 29.5 Å². The Labute approximate surface area is 142 Å². The molecule has 3 rings (SSSR count). The predicted octanol–water partition coefficient (Wildman–Crippen LogP) is 4.51.